The Morgan fingerprint density at radius 1 is 1.44 bits per heavy atom. The number of carbonyl (C=O) groups is 1. The molecular weight excluding hydrogens is 264 g/mol. The van der Waals surface area contributed by atoms with E-state index < -0.39 is 27.9 Å². The number of carbonyl (C=O) groups excluding carboxylic acids is 1. The predicted octanol–water partition coefficient (Wildman–Crippen LogP) is -0.520. The van der Waals surface area contributed by atoms with Gasteiger partial charge in [-0.2, -0.15) is 13.1 Å². The van der Waals surface area contributed by atoms with E-state index in [1.807, 2.05) is 4.72 Å². The molecule has 0 aromatic rings. The van der Waals surface area contributed by atoms with Crippen LogP contribution in [-0.2, 0) is 14.9 Å². The van der Waals surface area contributed by atoms with Crippen LogP contribution in [0.25, 0.3) is 0 Å². The van der Waals surface area contributed by atoms with Crippen molar-refractivity contribution in [1.82, 2.24) is 9.44 Å². The second-order valence-corrected chi connectivity index (χ2v) is 5.69. The van der Waals surface area contributed by atoms with Crippen molar-refractivity contribution in [2.45, 2.75) is 39.3 Å². The van der Waals surface area contributed by atoms with Crippen LogP contribution >= 0.6 is 0 Å². The van der Waals surface area contributed by atoms with Gasteiger partial charge in [-0.25, -0.2) is 9.52 Å². The number of nitrogens with two attached hydrogens (primary N) is 1. The lowest BCUT2D eigenvalue weighted by atomic mass is 10.1. The first-order chi connectivity index (χ1) is 8.00. The fraction of sp³-hybridized carbons (Fsp3) is 0.750. The van der Waals surface area contributed by atoms with Gasteiger partial charge in [0.15, 0.2) is 5.84 Å². The summed E-state index contributed by atoms with van der Waals surface area (Å²) in [4.78, 5) is 11.1. The van der Waals surface area contributed by atoms with Crippen molar-refractivity contribution < 1.29 is 23.2 Å². The summed E-state index contributed by atoms with van der Waals surface area (Å²) in [7, 11) is -4.19. The van der Waals surface area contributed by atoms with E-state index >= 15 is 0 Å². The highest BCUT2D eigenvalue weighted by atomic mass is 32.2. The minimum absolute atomic E-state index is 0.356. The Labute approximate surface area is 106 Å². The average molecular weight is 282 g/mol. The van der Waals surface area contributed by atoms with Gasteiger partial charge in [0.25, 0.3) is 0 Å². The third-order valence-electron chi connectivity index (χ3n) is 1.70. The van der Waals surface area contributed by atoms with Gasteiger partial charge in [-0.15, -0.1) is 0 Å². The maximum atomic E-state index is 11.5. The quantitative estimate of drug-likeness (QED) is 0.231. The summed E-state index contributed by atoms with van der Waals surface area (Å²) in [5.41, 5.74) is 3.94. The zero-order valence-electron chi connectivity index (χ0n) is 10.6. The first-order valence-corrected chi connectivity index (χ1v) is 6.49. The lowest BCUT2D eigenvalue weighted by Gasteiger charge is -2.24. The lowest BCUT2D eigenvalue weighted by Crippen LogP contribution is -2.56. The number of ether oxygens (including phenoxy) is 1. The Morgan fingerprint density at radius 2 is 1.94 bits per heavy atom. The molecule has 0 fully saturated rings. The number of oxime groups is 1. The third kappa shape index (κ3) is 5.68. The topological polar surface area (TPSA) is 143 Å². The van der Waals surface area contributed by atoms with Crippen molar-refractivity contribution in [3.05, 3.63) is 0 Å². The molecule has 0 bridgehead atoms. The summed E-state index contributed by atoms with van der Waals surface area (Å²) in [5, 5.41) is 11.2. The molecule has 1 amide bonds. The Balaban J connectivity index is 4.73. The molecule has 0 aliphatic rings. The largest absolute Gasteiger partial charge is 0.446 e. The molecule has 106 valence electrons. The smallest absolute Gasteiger partial charge is 0.422 e. The summed E-state index contributed by atoms with van der Waals surface area (Å²) >= 11 is 0. The fourth-order valence-corrected chi connectivity index (χ4v) is 1.98. The van der Waals surface area contributed by atoms with Gasteiger partial charge in [-0.1, -0.05) is 5.16 Å². The molecule has 0 aromatic carbocycles. The first kappa shape index (κ1) is 16.4. The summed E-state index contributed by atoms with van der Waals surface area (Å²) in [6.45, 7) is 5.85. The molecule has 0 aliphatic carbocycles. The first-order valence-electron chi connectivity index (χ1n) is 5.00. The zero-order valence-corrected chi connectivity index (χ0v) is 11.4. The zero-order chi connectivity index (χ0) is 14.6. The molecule has 0 spiro atoms. The minimum atomic E-state index is -4.19. The van der Waals surface area contributed by atoms with Crippen molar-refractivity contribution in [3.8, 4) is 0 Å². The molecule has 9 nitrogen and oxygen atoms in total. The van der Waals surface area contributed by atoms with Gasteiger partial charge in [0.05, 0.1) is 11.6 Å². The molecule has 0 aliphatic heterocycles. The van der Waals surface area contributed by atoms with E-state index in [1.165, 1.54) is 13.8 Å². The highest BCUT2D eigenvalue weighted by Crippen LogP contribution is 2.04. The van der Waals surface area contributed by atoms with Crippen molar-refractivity contribution in [2.75, 3.05) is 0 Å². The second kappa shape index (κ2) is 5.87. The molecule has 0 rings (SSSR count). The second-order valence-electron chi connectivity index (χ2n) is 4.27. The molecule has 0 aromatic heterocycles. The number of rotatable bonds is 5. The Bertz CT molecular complexity index is 429. The third-order valence-corrected chi connectivity index (χ3v) is 2.91. The van der Waals surface area contributed by atoms with Crippen LogP contribution in [0.15, 0.2) is 5.16 Å². The van der Waals surface area contributed by atoms with Crippen LogP contribution in [0.2, 0.25) is 0 Å². The molecular formula is C8H18N4O5S. The van der Waals surface area contributed by atoms with Gasteiger partial charge < -0.3 is 15.7 Å². The highest BCUT2D eigenvalue weighted by Gasteiger charge is 2.30. The standard InChI is InChI=1S/C8H18N4O5S/c1-5(2)17-7(13)11-18(15,16)12-8(3,4)6(9)10-14/h5,12,14H,1-4H3,(H2,9,10)(H,11,13). The highest BCUT2D eigenvalue weighted by molar-refractivity contribution is 7.88. The minimum Gasteiger partial charge on any atom is -0.446 e. The summed E-state index contributed by atoms with van der Waals surface area (Å²) in [6, 6.07) is 0. The van der Waals surface area contributed by atoms with Gasteiger partial charge in [0, 0.05) is 0 Å². The molecule has 18 heavy (non-hydrogen) atoms. The monoisotopic (exact) mass is 282 g/mol. The van der Waals surface area contributed by atoms with E-state index in [-0.39, 0.29) is 5.84 Å². The number of amidine groups is 1. The van der Waals surface area contributed by atoms with Crippen LogP contribution in [0.4, 0.5) is 4.79 Å². The number of nitrogens with one attached hydrogen (secondary N) is 2. The van der Waals surface area contributed by atoms with Crippen LogP contribution in [0.3, 0.4) is 0 Å². The van der Waals surface area contributed by atoms with E-state index in [0.29, 0.717) is 0 Å². The molecule has 0 radical (unpaired) electrons. The molecule has 0 heterocycles. The van der Waals surface area contributed by atoms with Crippen LogP contribution in [0.1, 0.15) is 27.7 Å². The van der Waals surface area contributed by atoms with Gasteiger partial charge in [-0.05, 0) is 27.7 Å². The fourth-order valence-electron chi connectivity index (χ4n) is 0.887. The van der Waals surface area contributed by atoms with E-state index in [9.17, 15) is 13.2 Å². The molecule has 0 unspecified atom stereocenters. The molecule has 0 saturated heterocycles. The van der Waals surface area contributed by atoms with Crippen LogP contribution in [0.5, 0.6) is 0 Å². The molecule has 5 N–H and O–H groups in total. The number of hydrogen-bond donors (Lipinski definition) is 4. The summed E-state index contributed by atoms with van der Waals surface area (Å²) in [6.07, 6.45) is -1.58. The van der Waals surface area contributed by atoms with E-state index in [0.717, 1.165) is 0 Å². The maximum absolute atomic E-state index is 11.5. The van der Waals surface area contributed by atoms with Crippen molar-refractivity contribution in [1.29, 1.82) is 0 Å². The van der Waals surface area contributed by atoms with Crippen molar-refractivity contribution >= 4 is 22.1 Å². The van der Waals surface area contributed by atoms with Gasteiger partial charge in [0.2, 0.25) is 0 Å². The van der Waals surface area contributed by atoms with Crippen molar-refractivity contribution in [2.24, 2.45) is 10.9 Å². The van der Waals surface area contributed by atoms with Gasteiger partial charge in [-0.3, -0.25) is 0 Å². The Morgan fingerprint density at radius 3 is 2.33 bits per heavy atom. The average Bonchev–Trinajstić information content (AvgIpc) is 2.11. The molecule has 10 heteroatoms. The normalized spacial score (nSPS) is 13.5. The van der Waals surface area contributed by atoms with E-state index in [1.54, 1.807) is 18.6 Å². The molecule has 0 atom stereocenters. The number of amides is 1. The summed E-state index contributed by atoms with van der Waals surface area (Å²) in [5.74, 6) is -0.356. The number of nitrogens with zero attached hydrogens (tertiary/aromatic N) is 1. The van der Waals surface area contributed by atoms with E-state index in [4.69, 9.17) is 10.9 Å². The predicted molar refractivity (Wildman–Crippen MR) is 64.3 cm³/mol. The SMILES string of the molecule is CC(C)OC(=O)NS(=O)(=O)NC(C)(C)C(N)=NO. The Hall–Kier alpha value is -1.55. The van der Waals surface area contributed by atoms with Gasteiger partial charge in [0.1, 0.15) is 0 Å². The Kier molecular flexibility index (Phi) is 5.36. The maximum Gasteiger partial charge on any atom is 0.422 e. The van der Waals surface area contributed by atoms with Crippen LogP contribution < -0.4 is 15.2 Å². The van der Waals surface area contributed by atoms with Crippen LogP contribution in [0, 0.1) is 0 Å². The van der Waals surface area contributed by atoms with Crippen LogP contribution in [-0.4, -0.2) is 37.2 Å². The van der Waals surface area contributed by atoms with Crippen molar-refractivity contribution in [3.63, 3.8) is 0 Å². The van der Waals surface area contributed by atoms with E-state index in [2.05, 4.69) is 9.89 Å². The molecule has 0 saturated carbocycles. The number of hydrogen-bond acceptors (Lipinski definition) is 6. The van der Waals surface area contributed by atoms with Gasteiger partial charge >= 0.3 is 16.3 Å². The summed E-state index contributed by atoms with van der Waals surface area (Å²) < 4.78 is 31.4. The lowest BCUT2D eigenvalue weighted by molar-refractivity contribution is 0.121.